The van der Waals surface area contributed by atoms with Crippen molar-refractivity contribution in [2.75, 3.05) is 18.8 Å². The molecule has 1 atom stereocenters. The summed E-state index contributed by atoms with van der Waals surface area (Å²) in [6.45, 7) is 5.14. The van der Waals surface area contributed by atoms with Gasteiger partial charge in [0, 0.05) is 17.8 Å². The van der Waals surface area contributed by atoms with Crippen LogP contribution in [0.5, 0.6) is 0 Å². The van der Waals surface area contributed by atoms with E-state index in [4.69, 9.17) is 5.73 Å². The summed E-state index contributed by atoms with van der Waals surface area (Å²) in [5, 5.41) is 0. The Kier molecular flexibility index (Phi) is 4.59. The first kappa shape index (κ1) is 13.3. The van der Waals surface area contributed by atoms with Crippen molar-refractivity contribution in [2.45, 2.75) is 39.2 Å². The van der Waals surface area contributed by atoms with Gasteiger partial charge in [0.2, 0.25) is 0 Å². The summed E-state index contributed by atoms with van der Waals surface area (Å²) in [6, 6.07) is 5.01. The molecule has 1 saturated heterocycles. The highest BCUT2D eigenvalue weighted by Crippen LogP contribution is 2.22. The van der Waals surface area contributed by atoms with Gasteiger partial charge in [-0.2, -0.15) is 0 Å². The van der Waals surface area contributed by atoms with Crippen LogP contribution in [0.4, 0.5) is 10.1 Å². The zero-order valence-corrected chi connectivity index (χ0v) is 11.2. The van der Waals surface area contributed by atoms with Crippen LogP contribution in [0.25, 0.3) is 0 Å². The van der Waals surface area contributed by atoms with Gasteiger partial charge in [0.15, 0.2) is 0 Å². The number of hydrogen-bond donors (Lipinski definition) is 1. The van der Waals surface area contributed by atoms with Crippen LogP contribution in [0, 0.1) is 11.7 Å². The maximum Gasteiger partial charge on any atom is 0.129 e. The molecule has 1 aliphatic heterocycles. The molecule has 2 rings (SSSR count). The Morgan fingerprint density at radius 3 is 2.89 bits per heavy atom. The van der Waals surface area contributed by atoms with Crippen LogP contribution in [0.1, 0.15) is 38.2 Å². The molecule has 0 aromatic heterocycles. The van der Waals surface area contributed by atoms with Crippen molar-refractivity contribution in [1.82, 2.24) is 4.90 Å². The monoisotopic (exact) mass is 250 g/mol. The molecule has 100 valence electrons. The molecule has 1 unspecified atom stereocenters. The van der Waals surface area contributed by atoms with Gasteiger partial charge in [0.1, 0.15) is 5.82 Å². The Hall–Kier alpha value is -1.09. The number of nitrogens with two attached hydrogens (primary N) is 1. The molecule has 0 radical (unpaired) electrons. The van der Waals surface area contributed by atoms with Gasteiger partial charge in [-0.15, -0.1) is 0 Å². The molecule has 18 heavy (non-hydrogen) atoms. The van der Waals surface area contributed by atoms with E-state index in [1.807, 2.05) is 6.07 Å². The van der Waals surface area contributed by atoms with E-state index in [-0.39, 0.29) is 5.82 Å². The first-order chi connectivity index (χ1) is 8.69. The van der Waals surface area contributed by atoms with E-state index in [1.165, 1.54) is 31.7 Å². The Labute approximate surface area is 109 Å². The maximum atomic E-state index is 13.7. The fourth-order valence-electron chi connectivity index (χ4n) is 2.72. The third-order valence-corrected chi connectivity index (χ3v) is 3.99. The summed E-state index contributed by atoms with van der Waals surface area (Å²) >= 11 is 0. The minimum atomic E-state index is -0.175. The number of hydrogen-bond acceptors (Lipinski definition) is 2. The fourth-order valence-corrected chi connectivity index (χ4v) is 2.72. The van der Waals surface area contributed by atoms with Crippen LogP contribution >= 0.6 is 0 Å². The molecular weight excluding hydrogens is 227 g/mol. The zero-order valence-electron chi connectivity index (χ0n) is 11.2. The number of halogens is 1. The quantitative estimate of drug-likeness (QED) is 0.833. The molecule has 1 aliphatic rings. The summed E-state index contributed by atoms with van der Waals surface area (Å²) < 4.78 is 13.7. The Balaban J connectivity index is 1.96. The van der Waals surface area contributed by atoms with Crippen LogP contribution in [0.15, 0.2) is 18.2 Å². The highest BCUT2D eigenvalue weighted by molar-refractivity contribution is 5.40. The van der Waals surface area contributed by atoms with Crippen molar-refractivity contribution in [3.05, 3.63) is 29.6 Å². The second-order valence-corrected chi connectivity index (χ2v) is 5.33. The average molecular weight is 250 g/mol. The second-order valence-electron chi connectivity index (χ2n) is 5.33. The lowest BCUT2D eigenvalue weighted by atomic mass is 9.98. The smallest absolute Gasteiger partial charge is 0.129 e. The van der Waals surface area contributed by atoms with Gasteiger partial charge in [0.05, 0.1) is 0 Å². The number of anilines is 1. The molecule has 0 aliphatic carbocycles. The summed E-state index contributed by atoms with van der Waals surface area (Å²) in [4.78, 5) is 2.37. The van der Waals surface area contributed by atoms with E-state index in [9.17, 15) is 4.39 Å². The van der Waals surface area contributed by atoms with E-state index >= 15 is 0 Å². The SMILES string of the molecule is CCC1CCCN(Cc2ccc(N)cc2F)CC1. The molecule has 0 amide bonds. The third kappa shape index (κ3) is 3.45. The van der Waals surface area contributed by atoms with Crippen LogP contribution < -0.4 is 5.73 Å². The summed E-state index contributed by atoms with van der Waals surface area (Å²) in [7, 11) is 0. The second kappa shape index (κ2) is 6.19. The minimum Gasteiger partial charge on any atom is -0.399 e. The highest BCUT2D eigenvalue weighted by Gasteiger charge is 2.16. The standard InChI is InChI=1S/C15H23FN2/c1-2-12-4-3-8-18(9-7-12)11-13-5-6-14(17)10-15(13)16/h5-6,10,12H,2-4,7-9,11,17H2,1H3. The van der Waals surface area contributed by atoms with E-state index in [0.29, 0.717) is 12.2 Å². The first-order valence-corrected chi connectivity index (χ1v) is 6.95. The summed E-state index contributed by atoms with van der Waals surface area (Å²) in [5.41, 5.74) is 6.83. The van der Waals surface area contributed by atoms with Crippen molar-refractivity contribution in [1.29, 1.82) is 0 Å². The molecule has 2 N–H and O–H groups in total. The van der Waals surface area contributed by atoms with E-state index in [0.717, 1.165) is 24.6 Å². The van der Waals surface area contributed by atoms with Crippen LogP contribution in [0.3, 0.4) is 0 Å². The fraction of sp³-hybridized carbons (Fsp3) is 0.600. The van der Waals surface area contributed by atoms with Gasteiger partial charge in [0.25, 0.3) is 0 Å². The molecular formula is C15H23FN2. The molecule has 3 heteroatoms. The van der Waals surface area contributed by atoms with Crippen LogP contribution in [-0.2, 0) is 6.54 Å². The lowest BCUT2D eigenvalue weighted by Crippen LogP contribution is -2.24. The highest BCUT2D eigenvalue weighted by atomic mass is 19.1. The van der Waals surface area contributed by atoms with Gasteiger partial charge in [-0.3, -0.25) is 4.90 Å². The number of benzene rings is 1. The number of rotatable bonds is 3. The maximum absolute atomic E-state index is 13.7. The largest absolute Gasteiger partial charge is 0.399 e. The first-order valence-electron chi connectivity index (χ1n) is 6.95. The summed E-state index contributed by atoms with van der Waals surface area (Å²) in [5.74, 6) is 0.678. The number of nitrogens with zero attached hydrogens (tertiary/aromatic N) is 1. The Bertz CT molecular complexity index is 392. The zero-order chi connectivity index (χ0) is 13.0. The topological polar surface area (TPSA) is 29.3 Å². The molecule has 1 aromatic rings. The molecule has 0 spiro atoms. The average Bonchev–Trinajstić information content (AvgIpc) is 2.58. The van der Waals surface area contributed by atoms with Crippen molar-refractivity contribution in [3.63, 3.8) is 0 Å². The molecule has 1 fully saturated rings. The van der Waals surface area contributed by atoms with E-state index < -0.39 is 0 Å². The van der Waals surface area contributed by atoms with Gasteiger partial charge in [-0.05, 0) is 50.4 Å². The van der Waals surface area contributed by atoms with Gasteiger partial charge < -0.3 is 5.73 Å². The Morgan fingerprint density at radius 1 is 1.33 bits per heavy atom. The van der Waals surface area contributed by atoms with E-state index in [2.05, 4.69) is 11.8 Å². The third-order valence-electron chi connectivity index (χ3n) is 3.99. The number of nitrogen functional groups attached to an aromatic ring is 1. The van der Waals surface area contributed by atoms with Gasteiger partial charge >= 0.3 is 0 Å². The molecule has 0 bridgehead atoms. The lowest BCUT2D eigenvalue weighted by molar-refractivity contribution is 0.268. The lowest BCUT2D eigenvalue weighted by Gasteiger charge is -2.20. The number of likely N-dealkylation sites (tertiary alicyclic amines) is 1. The predicted octanol–water partition coefficient (Wildman–Crippen LogP) is 3.42. The van der Waals surface area contributed by atoms with E-state index in [1.54, 1.807) is 6.07 Å². The van der Waals surface area contributed by atoms with Crippen LogP contribution in [-0.4, -0.2) is 18.0 Å². The van der Waals surface area contributed by atoms with Crippen molar-refractivity contribution in [2.24, 2.45) is 5.92 Å². The predicted molar refractivity (Wildman–Crippen MR) is 73.7 cm³/mol. The Morgan fingerprint density at radius 2 is 2.17 bits per heavy atom. The van der Waals surface area contributed by atoms with Crippen molar-refractivity contribution >= 4 is 5.69 Å². The normalized spacial score (nSPS) is 21.8. The van der Waals surface area contributed by atoms with Gasteiger partial charge in [-0.25, -0.2) is 4.39 Å². The molecule has 1 aromatic carbocycles. The minimum absolute atomic E-state index is 0.175. The van der Waals surface area contributed by atoms with Crippen LogP contribution in [0.2, 0.25) is 0 Å². The van der Waals surface area contributed by atoms with Crippen molar-refractivity contribution in [3.8, 4) is 0 Å². The molecule has 1 heterocycles. The summed E-state index contributed by atoms with van der Waals surface area (Å²) in [6.07, 6.45) is 5.06. The molecule has 0 saturated carbocycles. The molecule has 2 nitrogen and oxygen atoms in total. The van der Waals surface area contributed by atoms with Gasteiger partial charge in [-0.1, -0.05) is 19.4 Å². The van der Waals surface area contributed by atoms with Crippen molar-refractivity contribution < 1.29 is 4.39 Å².